The maximum absolute atomic E-state index is 12.7. The predicted molar refractivity (Wildman–Crippen MR) is 85.4 cm³/mol. The van der Waals surface area contributed by atoms with Crippen molar-refractivity contribution in [3.8, 4) is 0 Å². The molecule has 1 rings (SSSR count). The lowest BCUT2D eigenvalue weighted by molar-refractivity contribution is -0.137. The van der Waals surface area contributed by atoms with Gasteiger partial charge in [0.1, 0.15) is 18.6 Å². The van der Waals surface area contributed by atoms with Gasteiger partial charge in [0.2, 0.25) is 11.8 Å². The average Bonchev–Trinajstić information content (AvgIpc) is 2.53. The van der Waals surface area contributed by atoms with Crippen molar-refractivity contribution < 1.29 is 19.2 Å². The highest BCUT2D eigenvalue weighted by molar-refractivity contribution is 5.89. The quantitative estimate of drug-likeness (QED) is 0.474. The van der Waals surface area contributed by atoms with Gasteiger partial charge >= 0.3 is 0 Å². The lowest BCUT2D eigenvalue weighted by atomic mass is 9.91. The van der Waals surface area contributed by atoms with Gasteiger partial charge in [-0.05, 0) is 32.7 Å². The second-order valence-corrected chi connectivity index (χ2v) is 5.83. The number of nitrogens with one attached hydrogen (secondary N) is 1. The topological polar surface area (TPSA) is 110 Å². The molecular weight excluding hydrogens is 298 g/mol. The van der Waals surface area contributed by atoms with Crippen LogP contribution in [0.3, 0.4) is 0 Å². The summed E-state index contributed by atoms with van der Waals surface area (Å²) in [6, 6.07) is -0.655. The number of hydrogen-bond donors (Lipinski definition) is 2. The molecular formula is C16H25N3O4. The number of amides is 2. The van der Waals surface area contributed by atoms with Gasteiger partial charge in [-0.15, -0.1) is 0 Å². The number of unbranched alkanes of at least 4 members (excludes halogenated alkanes) is 1. The van der Waals surface area contributed by atoms with Crippen LogP contribution in [-0.4, -0.2) is 55.0 Å². The van der Waals surface area contributed by atoms with Gasteiger partial charge in [0.05, 0.1) is 5.92 Å². The number of carbonyl (C=O) groups excluding carboxylic acids is 4. The van der Waals surface area contributed by atoms with Crippen LogP contribution in [0.1, 0.15) is 33.1 Å². The Bertz CT molecular complexity index is 502. The molecule has 0 spiro atoms. The third-order valence-corrected chi connectivity index (χ3v) is 4.08. The zero-order valence-corrected chi connectivity index (χ0v) is 13.7. The van der Waals surface area contributed by atoms with E-state index in [1.54, 1.807) is 6.92 Å². The Morgan fingerprint density at radius 3 is 2.61 bits per heavy atom. The highest BCUT2D eigenvalue weighted by atomic mass is 16.2. The molecule has 1 aliphatic heterocycles. The number of rotatable bonds is 8. The van der Waals surface area contributed by atoms with E-state index in [4.69, 9.17) is 5.73 Å². The fourth-order valence-corrected chi connectivity index (χ4v) is 2.67. The van der Waals surface area contributed by atoms with Crippen LogP contribution in [-0.2, 0) is 19.2 Å². The molecule has 7 heteroatoms. The maximum atomic E-state index is 12.7. The summed E-state index contributed by atoms with van der Waals surface area (Å²) in [4.78, 5) is 47.8. The minimum absolute atomic E-state index is 0.172. The summed E-state index contributed by atoms with van der Waals surface area (Å²) in [7, 11) is 0. The second kappa shape index (κ2) is 9.19. The smallest absolute Gasteiger partial charge is 0.245 e. The molecule has 1 aliphatic rings. The first-order valence-corrected chi connectivity index (χ1v) is 7.80. The Morgan fingerprint density at radius 2 is 2.09 bits per heavy atom. The third-order valence-electron chi connectivity index (χ3n) is 4.08. The molecule has 0 bridgehead atoms. The van der Waals surface area contributed by atoms with Crippen LogP contribution < -0.4 is 11.1 Å². The van der Waals surface area contributed by atoms with Crippen LogP contribution in [0.15, 0.2) is 11.1 Å². The highest BCUT2D eigenvalue weighted by Gasteiger charge is 2.31. The largest absolute Gasteiger partial charge is 0.345 e. The van der Waals surface area contributed by atoms with Crippen molar-refractivity contribution in [2.75, 3.05) is 19.6 Å². The lowest BCUT2D eigenvalue weighted by Gasteiger charge is -2.34. The van der Waals surface area contributed by atoms with Crippen LogP contribution >= 0.6 is 0 Å². The Labute approximate surface area is 136 Å². The fourth-order valence-electron chi connectivity index (χ4n) is 2.67. The number of nitrogens with zero attached hydrogens (tertiary/aromatic N) is 1. The lowest BCUT2D eigenvalue weighted by Crippen LogP contribution is -2.51. The molecule has 0 aromatic rings. The van der Waals surface area contributed by atoms with Crippen molar-refractivity contribution >= 4 is 24.4 Å². The summed E-state index contributed by atoms with van der Waals surface area (Å²) in [5.41, 5.74) is 6.61. The van der Waals surface area contributed by atoms with Crippen LogP contribution in [0, 0.1) is 5.92 Å². The second-order valence-electron chi connectivity index (χ2n) is 5.83. The van der Waals surface area contributed by atoms with Crippen molar-refractivity contribution in [3.63, 3.8) is 0 Å². The molecule has 0 fully saturated rings. The SMILES string of the molecule is CC(=O)N[C@@H](CCCCN)C(=O)N1CC(C=O)=C(C)C(C=O)C1. The molecule has 2 atom stereocenters. The first kappa shape index (κ1) is 19.0. The van der Waals surface area contributed by atoms with Crippen molar-refractivity contribution in [2.24, 2.45) is 11.7 Å². The van der Waals surface area contributed by atoms with Crippen molar-refractivity contribution in [1.29, 1.82) is 0 Å². The normalized spacial score (nSPS) is 19.3. The minimum atomic E-state index is -0.655. The predicted octanol–water partition coefficient (Wildman–Crippen LogP) is -0.207. The molecule has 3 N–H and O–H groups in total. The van der Waals surface area contributed by atoms with E-state index in [0.29, 0.717) is 36.8 Å². The Morgan fingerprint density at radius 1 is 1.39 bits per heavy atom. The molecule has 0 saturated carbocycles. The van der Waals surface area contributed by atoms with E-state index >= 15 is 0 Å². The molecule has 0 aromatic heterocycles. The molecule has 0 radical (unpaired) electrons. The van der Waals surface area contributed by atoms with E-state index in [9.17, 15) is 19.2 Å². The number of carbonyl (C=O) groups is 4. The van der Waals surface area contributed by atoms with Gasteiger partial charge in [0.15, 0.2) is 0 Å². The number of aldehydes is 2. The molecule has 1 heterocycles. The van der Waals surface area contributed by atoms with Gasteiger partial charge in [0.25, 0.3) is 0 Å². The Kier molecular flexibility index (Phi) is 7.61. The third kappa shape index (κ3) is 5.28. The highest BCUT2D eigenvalue weighted by Crippen LogP contribution is 2.22. The van der Waals surface area contributed by atoms with E-state index in [0.717, 1.165) is 12.7 Å². The first-order chi connectivity index (χ1) is 10.9. The average molecular weight is 323 g/mol. The van der Waals surface area contributed by atoms with Crippen LogP contribution in [0.5, 0.6) is 0 Å². The molecule has 0 aliphatic carbocycles. The van der Waals surface area contributed by atoms with E-state index in [1.165, 1.54) is 11.8 Å². The number of nitrogens with two attached hydrogens (primary N) is 1. The summed E-state index contributed by atoms with van der Waals surface area (Å²) in [6.07, 6.45) is 3.40. The first-order valence-electron chi connectivity index (χ1n) is 7.80. The van der Waals surface area contributed by atoms with Gasteiger partial charge in [-0.2, -0.15) is 0 Å². The van der Waals surface area contributed by atoms with Gasteiger partial charge in [-0.25, -0.2) is 0 Å². The Balaban J connectivity index is 2.88. The van der Waals surface area contributed by atoms with Gasteiger partial charge in [-0.3, -0.25) is 14.4 Å². The standard InChI is InChI=1S/C16H25N3O4/c1-11-13(9-20)7-19(8-14(11)10-21)16(23)15(18-12(2)22)5-3-4-6-17/h9-10,13,15H,3-8,17H2,1-2H3,(H,18,22)/t13?,15-/m0/s1. The van der Waals surface area contributed by atoms with Crippen molar-refractivity contribution in [1.82, 2.24) is 10.2 Å². The fraction of sp³-hybridized carbons (Fsp3) is 0.625. The molecule has 0 aromatic carbocycles. The molecule has 1 unspecified atom stereocenters. The van der Waals surface area contributed by atoms with Gasteiger partial charge in [-0.1, -0.05) is 5.57 Å². The summed E-state index contributed by atoms with van der Waals surface area (Å²) >= 11 is 0. The molecule has 7 nitrogen and oxygen atoms in total. The maximum Gasteiger partial charge on any atom is 0.245 e. The van der Waals surface area contributed by atoms with Crippen LogP contribution in [0.4, 0.5) is 0 Å². The van der Waals surface area contributed by atoms with E-state index < -0.39 is 12.0 Å². The van der Waals surface area contributed by atoms with Gasteiger partial charge < -0.3 is 20.7 Å². The van der Waals surface area contributed by atoms with Crippen molar-refractivity contribution in [3.05, 3.63) is 11.1 Å². The Hall–Kier alpha value is -2.02. The zero-order valence-electron chi connectivity index (χ0n) is 13.7. The number of hydrogen-bond acceptors (Lipinski definition) is 5. The minimum Gasteiger partial charge on any atom is -0.345 e. The molecule has 23 heavy (non-hydrogen) atoms. The van der Waals surface area contributed by atoms with E-state index in [1.807, 2.05) is 0 Å². The van der Waals surface area contributed by atoms with Crippen LogP contribution in [0.25, 0.3) is 0 Å². The van der Waals surface area contributed by atoms with Gasteiger partial charge in [0, 0.05) is 25.6 Å². The summed E-state index contributed by atoms with van der Waals surface area (Å²) in [5, 5.41) is 2.65. The van der Waals surface area contributed by atoms with Crippen molar-refractivity contribution in [2.45, 2.75) is 39.2 Å². The van der Waals surface area contributed by atoms with E-state index in [2.05, 4.69) is 5.32 Å². The summed E-state index contributed by atoms with van der Waals surface area (Å²) < 4.78 is 0. The molecule has 0 saturated heterocycles. The summed E-state index contributed by atoms with van der Waals surface area (Å²) in [6.45, 7) is 4.02. The summed E-state index contributed by atoms with van der Waals surface area (Å²) in [5.74, 6) is -1.03. The van der Waals surface area contributed by atoms with E-state index in [-0.39, 0.29) is 24.9 Å². The molecule has 128 valence electrons. The zero-order chi connectivity index (χ0) is 17.4. The monoisotopic (exact) mass is 323 g/mol. The van der Waals surface area contributed by atoms with Crippen LogP contribution in [0.2, 0.25) is 0 Å². The molecule has 2 amide bonds.